The molecule has 0 unspecified atom stereocenters. The van der Waals surface area contributed by atoms with Gasteiger partial charge in [-0.3, -0.25) is 0 Å². The van der Waals surface area contributed by atoms with Crippen LogP contribution in [0.1, 0.15) is 11.1 Å². The Hall–Kier alpha value is -1.77. The van der Waals surface area contributed by atoms with Crippen molar-refractivity contribution >= 4 is 11.8 Å². The average molecular weight is 358 g/mol. The molecule has 0 fully saturated rings. The fourth-order valence-electron chi connectivity index (χ4n) is 1.72. The Bertz CT molecular complexity index is 690. The van der Waals surface area contributed by atoms with E-state index in [2.05, 4.69) is 0 Å². The maximum atomic E-state index is 13.7. The summed E-state index contributed by atoms with van der Waals surface area (Å²) in [5.41, 5.74) is -1.96. The zero-order chi connectivity index (χ0) is 17.6. The summed E-state index contributed by atoms with van der Waals surface area (Å²) in [5.74, 6) is -14.8. The van der Waals surface area contributed by atoms with E-state index < -0.39 is 79.2 Å². The van der Waals surface area contributed by atoms with E-state index in [1.807, 2.05) is 0 Å². The number of benzene rings is 2. The lowest BCUT2D eigenvalue weighted by molar-refractivity contribution is 0.411. The minimum absolute atomic E-state index is 0.492. The Morgan fingerprint density at radius 1 is 0.435 bits per heavy atom. The SMILES string of the molecule is Cc1c(F)c(F)c(Sc2c(F)c(F)c(C)c(F)c2F)c(F)c1F. The molecule has 0 saturated carbocycles. The second-order valence-corrected chi connectivity index (χ2v) is 5.54. The van der Waals surface area contributed by atoms with Crippen LogP contribution in [0.5, 0.6) is 0 Å². The van der Waals surface area contributed by atoms with Gasteiger partial charge in [0.25, 0.3) is 0 Å². The molecule has 23 heavy (non-hydrogen) atoms. The van der Waals surface area contributed by atoms with Gasteiger partial charge in [-0.25, -0.2) is 35.1 Å². The number of hydrogen-bond donors (Lipinski definition) is 0. The van der Waals surface area contributed by atoms with Crippen LogP contribution in [0.15, 0.2) is 9.79 Å². The molecule has 0 amide bonds. The van der Waals surface area contributed by atoms with Gasteiger partial charge < -0.3 is 0 Å². The Morgan fingerprint density at radius 2 is 0.652 bits per heavy atom. The molecule has 2 aromatic carbocycles. The second-order valence-electron chi connectivity index (χ2n) is 4.52. The van der Waals surface area contributed by atoms with Crippen LogP contribution < -0.4 is 0 Å². The normalized spacial score (nSPS) is 11.2. The van der Waals surface area contributed by atoms with Crippen molar-refractivity contribution in [1.29, 1.82) is 0 Å². The van der Waals surface area contributed by atoms with Gasteiger partial charge in [-0.05, 0) is 13.8 Å². The molecule has 2 aromatic rings. The van der Waals surface area contributed by atoms with Gasteiger partial charge in [0.05, 0.1) is 9.79 Å². The predicted molar refractivity (Wildman–Crippen MR) is 66.1 cm³/mol. The molecule has 0 aromatic heterocycles. The lowest BCUT2D eigenvalue weighted by atomic mass is 10.2. The highest BCUT2D eigenvalue weighted by Gasteiger charge is 2.29. The fraction of sp³-hybridized carbons (Fsp3) is 0.143. The van der Waals surface area contributed by atoms with Crippen LogP contribution >= 0.6 is 11.8 Å². The van der Waals surface area contributed by atoms with Crippen molar-refractivity contribution in [3.63, 3.8) is 0 Å². The molecular formula is C14H6F8S. The van der Waals surface area contributed by atoms with Crippen molar-refractivity contribution in [2.75, 3.05) is 0 Å². The first-order valence-electron chi connectivity index (χ1n) is 5.92. The summed E-state index contributed by atoms with van der Waals surface area (Å²) in [7, 11) is 0. The lowest BCUT2D eigenvalue weighted by Crippen LogP contribution is -2.05. The topological polar surface area (TPSA) is 0 Å². The zero-order valence-corrected chi connectivity index (χ0v) is 12.2. The third kappa shape index (κ3) is 2.66. The van der Waals surface area contributed by atoms with E-state index in [0.717, 1.165) is 13.8 Å². The van der Waals surface area contributed by atoms with Gasteiger partial charge in [0.15, 0.2) is 46.5 Å². The highest BCUT2D eigenvalue weighted by atomic mass is 32.2. The van der Waals surface area contributed by atoms with Crippen molar-refractivity contribution in [2.24, 2.45) is 0 Å². The Kier molecular flexibility index (Phi) is 4.61. The smallest absolute Gasteiger partial charge is 0.176 e. The van der Waals surface area contributed by atoms with Crippen LogP contribution in [0.3, 0.4) is 0 Å². The number of rotatable bonds is 2. The van der Waals surface area contributed by atoms with Crippen LogP contribution in [-0.2, 0) is 0 Å². The minimum Gasteiger partial charge on any atom is -0.203 e. The van der Waals surface area contributed by atoms with Gasteiger partial charge in [0.2, 0.25) is 0 Å². The zero-order valence-electron chi connectivity index (χ0n) is 11.4. The first-order valence-corrected chi connectivity index (χ1v) is 6.74. The third-order valence-corrected chi connectivity index (χ3v) is 4.21. The van der Waals surface area contributed by atoms with Gasteiger partial charge in [-0.2, -0.15) is 0 Å². The van der Waals surface area contributed by atoms with E-state index in [-0.39, 0.29) is 0 Å². The van der Waals surface area contributed by atoms with E-state index >= 15 is 0 Å². The van der Waals surface area contributed by atoms with Crippen molar-refractivity contribution < 1.29 is 35.1 Å². The van der Waals surface area contributed by atoms with E-state index in [1.54, 1.807) is 0 Å². The molecule has 0 spiro atoms. The molecule has 0 radical (unpaired) electrons. The molecule has 0 aliphatic heterocycles. The summed E-state index contributed by atoms with van der Waals surface area (Å²) in [5, 5.41) is 0. The summed E-state index contributed by atoms with van der Waals surface area (Å²) in [4.78, 5) is -2.91. The van der Waals surface area contributed by atoms with E-state index in [9.17, 15) is 35.1 Å². The van der Waals surface area contributed by atoms with Crippen LogP contribution in [0.25, 0.3) is 0 Å². The molecule has 2 rings (SSSR count). The molecule has 0 heterocycles. The van der Waals surface area contributed by atoms with Gasteiger partial charge in [0.1, 0.15) is 0 Å². The number of hydrogen-bond acceptors (Lipinski definition) is 1. The molecular weight excluding hydrogens is 352 g/mol. The van der Waals surface area contributed by atoms with Crippen LogP contribution in [0.4, 0.5) is 35.1 Å². The molecule has 124 valence electrons. The van der Waals surface area contributed by atoms with Crippen molar-refractivity contribution in [2.45, 2.75) is 23.6 Å². The Morgan fingerprint density at radius 3 is 0.870 bits per heavy atom. The molecule has 0 N–H and O–H groups in total. The van der Waals surface area contributed by atoms with Crippen LogP contribution in [0, 0.1) is 60.4 Å². The molecule has 9 heteroatoms. The van der Waals surface area contributed by atoms with Gasteiger partial charge >= 0.3 is 0 Å². The highest BCUT2D eigenvalue weighted by Crippen LogP contribution is 2.40. The molecule has 0 nitrogen and oxygen atoms in total. The number of halogens is 8. The molecule has 0 aliphatic rings. The Labute approximate surface area is 129 Å². The maximum absolute atomic E-state index is 13.7. The summed E-state index contributed by atoms with van der Waals surface area (Å²) < 4.78 is 109. The summed E-state index contributed by atoms with van der Waals surface area (Å²) in [6.45, 7) is 1.50. The van der Waals surface area contributed by atoms with Gasteiger partial charge in [0, 0.05) is 11.1 Å². The second kappa shape index (κ2) is 6.03. The third-order valence-electron chi connectivity index (χ3n) is 3.09. The molecule has 0 saturated heterocycles. The molecule has 0 bridgehead atoms. The highest BCUT2D eigenvalue weighted by molar-refractivity contribution is 7.99. The van der Waals surface area contributed by atoms with Crippen LogP contribution in [0.2, 0.25) is 0 Å². The standard InChI is InChI=1S/C14H6F8S/c1-3-5(15)9(19)13(10(20)6(3)16)23-14-11(21)7(17)4(2)8(18)12(14)22/h1-2H3. The van der Waals surface area contributed by atoms with Gasteiger partial charge in [-0.1, -0.05) is 11.8 Å². The lowest BCUT2D eigenvalue weighted by Gasteiger charge is -2.12. The summed E-state index contributed by atoms with van der Waals surface area (Å²) >= 11 is -0.492. The minimum atomic E-state index is -1.92. The molecule has 0 atom stereocenters. The predicted octanol–water partition coefficient (Wildman–Crippen LogP) is 5.57. The van der Waals surface area contributed by atoms with E-state index in [4.69, 9.17) is 0 Å². The maximum Gasteiger partial charge on any atom is 0.176 e. The van der Waals surface area contributed by atoms with Crippen molar-refractivity contribution in [3.05, 3.63) is 57.7 Å². The van der Waals surface area contributed by atoms with Crippen LogP contribution in [-0.4, -0.2) is 0 Å². The fourth-order valence-corrected chi connectivity index (χ4v) is 2.64. The first-order chi connectivity index (χ1) is 10.6. The van der Waals surface area contributed by atoms with E-state index in [0.29, 0.717) is 0 Å². The molecule has 0 aliphatic carbocycles. The van der Waals surface area contributed by atoms with E-state index in [1.165, 1.54) is 0 Å². The Balaban J connectivity index is 2.71. The average Bonchev–Trinajstić information content (AvgIpc) is 2.54. The van der Waals surface area contributed by atoms with Crippen molar-refractivity contribution in [1.82, 2.24) is 0 Å². The van der Waals surface area contributed by atoms with Gasteiger partial charge in [-0.15, -0.1) is 0 Å². The quantitative estimate of drug-likeness (QED) is 0.500. The largest absolute Gasteiger partial charge is 0.203 e. The summed E-state index contributed by atoms with van der Waals surface area (Å²) in [6.07, 6.45) is 0. The first kappa shape index (κ1) is 17.6. The monoisotopic (exact) mass is 358 g/mol. The van der Waals surface area contributed by atoms with Crippen molar-refractivity contribution in [3.8, 4) is 0 Å². The summed E-state index contributed by atoms with van der Waals surface area (Å²) in [6, 6.07) is 0.